The molecule has 1 aliphatic heterocycles. The molecule has 1 unspecified atom stereocenters. The van der Waals surface area contributed by atoms with Crippen LogP contribution in [0, 0.1) is 0 Å². The minimum absolute atomic E-state index is 0.0494. The molecule has 0 saturated carbocycles. The molecule has 2 rings (SSSR count). The Balaban J connectivity index is 1.74. The summed E-state index contributed by atoms with van der Waals surface area (Å²) in [5.41, 5.74) is 0. The van der Waals surface area contributed by atoms with E-state index in [0.29, 0.717) is 28.8 Å². The zero-order chi connectivity index (χ0) is 14.5. The average molecular weight is 329 g/mol. The lowest BCUT2D eigenvalue weighted by atomic mass is 10.2. The second-order valence-corrected chi connectivity index (χ2v) is 6.99. The fraction of sp³-hybridized carbons (Fsp3) is 0.500. The standard InChI is InChI=1S/C12H15N3O2S3/c1-2-8-10(17)15(12(18)20-8)6-3-4-9(16)14-11-13-5-7-19-11/h5,7-8H,2-4,6H2,1H3,(H,13,14,16). The molecule has 1 fully saturated rings. The van der Waals surface area contributed by atoms with E-state index in [-0.39, 0.29) is 17.1 Å². The van der Waals surface area contributed by atoms with Crippen LogP contribution in [-0.2, 0) is 9.59 Å². The SMILES string of the molecule is CCC1SC(=S)N(CCCC(=O)Nc2nccs2)C1=O. The molecule has 1 aliphatic rings. The highest BCUT2D eigenvalue weighted by atomic mass is 32.2. The van der Waals surface area contributed by atoms with Crippen LogP contribution in [0.25, 0.3) is 0 Å². The molecule has 1 N–H and O–H groups in total. The molecule has 1 saturated heterocycles. The topological polar surface area (TPSA) is 62.3 Å². The number of nitrogens with one attached hydrogen (secondary N) is 1. The monoisotopic (exact) mass is 329 g/mol. The summed E-state index contributed by atoms with van der Waals surface area (Å²) in [5, 5.41) is 5.07. The summed E-state index contributed by atoms with van der Waals surface area (Å²) in [6, 6.07) is 0. The molecule has 5 nitrogen and oxygen atoms in total. The molecule has 1 aromatic rings. The maximum atomic E-state index is 12.0. The maximum Gasteiger partial charge on any atom is 0.241 e. The summed E-state index contributed by atoms with van der Waals surface area (Å²) >= 11 is 8.02. The molecule has 2 heterocycles. The second kappa shape index (κ2) is 7.14. The largest absolute Gasteiger partial charge is 0.302 e. The Labute approximate surface area is 131 Å². The van der Waals surface area contributed by atoms with E-state index in [1.165, 1.54) is 23.1 Å². The van der Waals surface area contributed by atoms with Gasteiger partial charge in [0.05, 0.1) is 5.25 Å². The van der Waals surface area contributed by atoms with Gasteiger partial charge in [0.25, 0.3) is 0 Å². The first-order valence-electron chi connectivity index (χ1n) is 6.33. The van der Waals surface area contributed by atoms with Crippen molar-refractivity contribution in [2.24, 2.45) is 0 Å². The van der Waals surface area contributed by atoms with Crippen LogP contribution in [0.2, 0.25) is 0 Å². The van der Waals surface area contributed by atoms with Gasteiger partial charge in [0.2, 0.25) is 11.8 Å². The molecule has 20 heavy (non-hydrogen) atoms. The van der Waals surface area contributed by atoms with E-state index in [4.69, 9.17) is 12.2 Å². The van der Waals surface area contributed by atoms with E-state index in [1.807, 2.05) is 6.92 Å². The van der Waals surface area contributed by atoms with Crippen LogP contribution in [0.1, 0.15) is 26.2 Å². The summed E-state index contributed by atoms with van der Waals surface area (Å²) in [4.78, 5) is 29.3. The van der Waals surface area contributed by atoms with Crippen LogP contribution in [0.3, 0.4) is 0 Å². The predicted octanol–water partition coefficient (Wildman–Crippen LogP) is 2.50. The van der Waals surface area contributed by atoms with Crippen molar-refractivity contribution in [3.8, 4) is 0 Å². The van der Waals surface area contributed by atoms with Gasteiger partial charge in [0, 0.05) is 24.5 Å². The first-order valence-corrected chi connectivity index (χ1v) is 8.50. The van der Waals surface area contributed by atoms with Crippen molar-refractivity contribution in [1.29, 1.82) is 0 Å². The third-order valence-corrected chi connectivity index (χ3v) is 5.28. The van der Waals surface area contributed by atoms with Gasteiger partial charge in [-0.25, -0.2) is 4.98 Å². The molecule has 1 atom stereocenters. The Kier molecular flexibility index (Phi) is 5.50. The molecular weight excluding hydrogens is 314 g/mol. The van der Waals surface area contributed by atoms with E-state index in [1.54, 1.807) is 16.5 Å². The zero-order valence-electron chi connectivity index (χ0n) is 11.0. The normalized spacial score (nSPS) is 18.6. The number of carbonyl (C=O) groups is 2. The van der Waals surface area contributed by atoms with Crippen molar-refractivity contribution in [2.45, 2.75) is 31.4 Å². The van der Waals surface area contributed by atoms with Gasteiger partial charge < -0.3 is 5.32 Å². The van der Waals surface area contributed by atoms with Crippen molar-refractivity contribution in [3.05, 3.63) is 11.6 Å². The van der Waals surface area contributed by atoms with Crippen LogP contribution in [0.15, 0.2) is 11.6 Å². The minimum Gasteiger partial charge on any atom is -0.302 e. The molecule has 0 aliphatic carbocycles. The third-order valence-electron chi connectivity index (χ3n) is 2.84. The van der Waals surface area contributed by atoms with Gasteiger partial charge in [-0.2, -0.15) is 0 Å². The van der Waals surface area contributed by atoms with Crippen molar-refractivity contribution in [2.75, 3.05) is 11.9 Å². The van der Waals surface area contributed by atoms with Crippen molar-refractivity contribution in [3.63, 3.8) is 0 Å². The molecule has 8 heteroatoms. The highest BCUT2D eigenvalue weighted by Gasteiger charge is 2.35. The lowest BCUT2D eigenvalue weighted by Gasteiger charge is -2.14. The van der Waals surface area contributed by atoms with Crippen LogP contribution in [0.5, 0.6) is 0 Å². The minimum atomic E-state index is -0.0859. The third kappa shape index (κ3) is 3.77. The van der Waals surface area contributed by atoms with Crippen LogP contribution in [0.4, 0.5) is 5.13 Å². The molecule has 108 valence electrons. The number of hydrogen-bond donors (Lipinski definition) is 1. The Bertz CT molecular complexity index is 504. The Morgan fingerprint density at radius 2 is 2.40 bits per heavy atom. The molecule has 0 spiro atoms. The predicted molar refractivity (Wildman–Crippen MR) is 86.0 cm³/mol. The van der Waals surface area contributed by atoms with Gasteiger partial charge in [0.15, 0.2) is 5.13 Å². The van der Waals surface area contributed by atoms with Gasteiger partial charge in [-0.15, -0.1) is 11.3 Å². The first-order chi connectivity index (χ1) is 9.61. The van der Waals surface area contributed by atoms with E-state index in [2.05, 4.69) is 10.3 Å². The van der Waals surface area contributed by atoms with Gasteiger partial charge in [-0.3, -0.25) is 14.5 Å². The molecule has 0 radical (unpaired) electrons. The fourth-order valence-corrected chi connectivity index (χ4v) is 3.85. The number of thiocarbonyl (C=S) groups is 1. The Hall–Kier alpha value is -0.990. The average Bonchev–Trinajstić information content (AvgIpc) is 3.01. The lowest BCUT2D eigenvalue weighted by Crippen LogP contribution is -2.32. The number of carbonyl (C=O) groups excluding carboxylic acids is 2. The van der Waals surface area contributed by atoms with E-state index in [0.717, 1.165) is 6.42 Å². The number of hydrogen-bond acceptors (Lipinski definition) is 6. The van der Waals surface area contributed by atoms with Crippen molar-refractivity contribution in [1.82, 2.24) is 9.88 Å². The van der Waals surface area contributed by atoms with E-state index >= 15 is 0 Å². The number of amides is 2. The smallest absolute Gasteiger partial charge is 0.241 e. The summed E-state index contributed by atoms with van der Waals surface area (Å²) in [6.07, 6.45) is 3.38. The van der Waals surface area contributed by atoms with Gasteiger partial charge in [0.1, 0.15) is 4.32 Å². The van der Waals surface area contributed by atoms with Crippen molar-refractivity contribution >= 4 is 56.6 Å². The van der Waals surface area contributed by atoms with E-state index < -0.39 is 0 Å². The number of aromatic nitrogens is 1. The van der Waals surface area contributed by atoms with Gasteiger partial charge in [-0.05, 0) is 12.8 Å². The summed E-state index contributed by atoms with van der Waals surface area (Å²) in [6.45, 7) is 2.48. The highest BCUT2D eigenvalue weighted by Crippen LogP contribution is 2.29. The Morgan fingerprint density at radius 3 is 3.00 bits per heavy atom. The molecular formula is C12H15N3O2S3. The number of thioether (sulfide) groups is 1. The number of anilines is 1. The van der Waals surface area contributed by atoms with Crippen LogP contribution in [-0.4, -0.2) is 37.8 Å². The molecule has 0 aromatic carbocycles. The summed E-state index contributed by atoms with van der Waals surface area (Å²) in [7, 11) is 0. The van der Waals surface area contributed by atoms with Gasteiger partial charge >= 0.3 is 0 Å². The highest BCUT2D eigenvalue weighted by molar-refractivity contribution is 8.24. The number of nitrogens with zero attached hydrogens (tertiary/aromatic N) is 2. The number of thiazole rings is 1. The first kappa shape index (κ1) is 15.4. The summed E-state index contributed by atoms with van der Waals surface area (Å²) < 4.78 is 0.627. The Morgan fingerprint density at radius 1 is 1.60 bits per heavy atom. The fourth-order valence-electron chi connectivity index (χ4n) is 1.82. The van der Waals surface area contributed by atoms with Crippen LogP contribution >= 0.6 is 35.3 Å². The van der Waals surface area contributed by atoms with Crippen LogP contribution < -0.4 is 5.32 Å². The number of rotatable bonds is 6. The van der Waals surface area contributed by atoms with E-state index in [9.17, 15) is 9.59 Å². The summed E-state index contributed by atoms with van der Waals surface area (Å²) in [5.74, 6) is -0.0139. The molecule has 1 aromatic heterocycles. The lowest BCUT2D eigenvalue weighted by molar-refractivity contribution is -0.126. The maximum absolute atomic E-state index is 12.0. The van der Waals surface area contributed by atoms with Gasteiger partial charge in [-0.1, -0.05) is 30.9 Å². The second-order valence-electron chi connectivity index (χ2n) is 4.26. The molecule has 2 amide bonds. The quantitative estimate of drug-likeness (QED) is 0.813. The molecule has 0 bridgehead atoms. The zero-order valence-corrected chi connectivity index (χ0v) is 13.4. The van der Waals surface area contributed by atoms with Crippen molar-refractivity contribution < 1.29 is 9.59 Å².